The Morgan fingerprint density at radius 1 is 1.00 bits per heavy atom. The Labute approximate surface area is 126 Å². The lowest BCUT2D eigenvalue weighted by atomic mass is 9.88. The van der Waals surface area contributed by atoms with E-state index in [2.05, 4.69) is 53.8 Å². The summed E-state index contributed by atoms with van der Waals surface area (Å²) in [4.78, 5) is 0. The minimum absolute atomic E-state index is 0.141. The zero-order valence-electron chi connectivity index (χ0n) is 12.3. The van der Waals surface area contributed by atoms with Crippen molar-refractivity contribution in [3.8, 4) is 0 Å². The molecule has 0 aromatic heterocycles. The van der Waals surface area contributed by atoms with E-state index >= 15 is 0 Å². The van der Waals surface area contributed by atoms with Crippen molar-refractivity contribution in [1.82, 2.24) is 5.32 Å². The maximum absolute atomic E-state index is 9.65. The number of nitrogens with one attached hydrogen (secondary N) is 1. The first-order chi connectivity index (χ1) is 10.3. The van der Waals surface area contributed by atoms with E-state index in [1.807, 2.05) is 6.07 Å². The smallest absolute Gasteiger partial charge is 0.0587 e. The quantitative estimate of drug-likeness (QED) is 0.883. The van der Waals surface area contributed by atoms with Crippen molar-refractivity contribution in [3.05, 3.63) is 71.3 Å². The summed E-state index contributed by atoms with van der Waals surface area (Å²) in [5, 5.41) is 13.3. The number of hydrogen-bond donors (Lipinski definition) is 2. The lowest BCUT2D eigenvalue weighted by Gasteiger charge is -2.29. The normalized spacial score (nSPS) is 19.0. The summed E-state index contributed by atoms with van der Waals surface area (Å²) >= 11 is 0. The Kier molecular flexibility index (Phi) is 4.69. The molecule has 0 aliphatic heterocycles. The molecule has 0 heterocycles. The molecule has 0 fully saturated rings. The Hall–Kier alpha value is -1.64. The van der Waals surface area contributed by atoms with Crippen molar-refractivity contribution in [2.45, 2.75) is 37.8 Å². The zero-order chi connectivity index (χ0) is 14.5. The van der Waals surface area contributed by atoms with E-state index in [4.69, 9.17) is 0 Å². The summed E-state index contributed by atoms with van der Waals surface area (Å²) in [6.45, 7) is 0.188. The third-order valence-corrected chi connectivity index (χ3v) is 4.36. The Balaban J connectivity index is 1.60. The average Bonchev–Trinajstić information content (AvgIpc) is 2.55. The predicted octanol–water partition coefficient (Wildman–Crippen LogP) is 2.74. The fourth-order valence-corrected chi connectivity index (χ4v) is 3.25. The van der Waals surface area contributed by atoms with E-state index in [1.165, 1.54) is 16.7 Å². The molecule has 1 unspecified atom stereocenters. The molecule has 2 aromatic rings. The Bertz CT molecular complexity index is 567. The first-order valence-electron chi connectivity index (χ1n) is 7.83. The van der Waals surface area contributed by atoms with Gasteiger partial charge in [-0.2, -0.15) is 0 Å². The molecular formula is C19H23NO. The van der Waals surface area contributed by atoms with Crippen LogP contribution in [0.1, 0.15) is 23.1 Å². The summed E-state index contributed by atoms with van der Waals surface area (Å²) in [6, 6.07) is 19.7. The molecule has 1 aliphatic rings. The molecule has 3 rings (SSSR count). The minimum atomic E-state index is 0.141. The SMILES string of the molecule is OC[C@@H](Cc1ccccc1)NC1CCc2ccccc2C1. The Morgan fingerprint density at radius 2 is 1.71 bits per heavy atom. The van der Waals surface area contributed by atoms with Crippen molar-refractivity contribution in [3.63, 3.8) is 0 Å². The molecule has 0 radical (unpaired) electrons. The molecule has 110 valence electrons. The number of fused-ring (bicyclic) bond motifs is 1. The van der Waals surface area contributed by atoms with Crippen LogP contribution in [-0.4, -0.2) is 23.8 Å². The van der Waals surface area contributed by atoms with Gasteiger partial charge in [-0.15, -0.1) is 0 Å². The first kappa shape index (κ1) is 14.3. The number of benzene rings is 2. The molecule has 0 spiro atoms. The van der Waals surface area contributed by atoms with Crippen LogP contribution in [0.25, 0.3) is 0 Å². The second-order valence-electron chi connectivity index (χ2n) is 5.94. The summed E-state index contributed by atoms with van der Waals surface area (Å²) in [5.74, 6) is 0. The van der Waals surface area contributed by atoms with Gasteiger partial charge in [-0.1, -0.05) is 54.6 Å². The molecule has 2 aromatic carbocycles. The lowest BCUT2D eigenvalue weighted by molar-refractivity contribution is 0.225. The van der Waals surface area contributed by atoms with Gasteiger partial charge in [0.2, 0.25) is 0 Å². The lowest BCUT2D eigenvalue weighted by Crippen LogP contribution is -2.44. The van der Waals surface area contributed by atoms with E-state index in [9.17, 15) is 5.11 Å². The van der Waals surface area contributed by atoms with Crippen molar-refractivity contribution in [2.24, 2.45) is 0 Å². The predicted molar refractivity (Wildman–Crippen MR) is 86.4 cm³/mol. The molecule has 0 amide bonds. The van der Waals surface area contributed by atoms with E-state index in [0.29, 0.717) is 6.04 Å². The molecule has 2 heteroatoms. The average molecular weight is 281 g/mol. The second kappa shape index (κ2) is 6.88. The van der Waals surface area contributed by atoms with Crippen LogP contribution in [0, 0.1) is 0 Å². The summed E-state index contributed by atoms with van der Waals surface area (Å²) < 4.78 is 0. The van der Waals surface area contributed by atoms with Gasteiger partial charge in [0.1, 0.15) is 0 Å². The summed E-state index contributed by atoms with van der Waals surface area (Å²) in [7, 11) is 0. The van der Waals surface area contributed by atoms with E-state index < -0.39 is 0 Å². The van der Waals surface area contributed by atoms with E-state index in [1.54, 1.807) is 0 Å². The highest BCUT2D eigenvalue weighted by Gasteiger charge is 2.20. The summed E-state index contributed by atoms with van der Waals surface area (Å²) in [6.07, 6.45) is 4.25. The number of aliphatic hydroxyl groups is 1. The molecule has 0 saturated heterocycles. The fourth-order valence-electron chi connectivity index (χ4n) is 3.25. The van der Waals surface area contributed by atoms with Gasteiger partial charge in [-0.05, 0) is 42.4 Å². The van der Waals surface area contributed by atoms with Gasteiger partial charge in [0.15, 0.2) is 0 Å². The van der Waals surface area contributed by atoms with Gasteiger partial charge >= 0.3 is 0 Å². The molecule has 2 atom stereocenters. The van der Waals surface area contributed by atoms with Gasteiger partial charge in [-0.3, -0.25) is 0 Å². The fraction of sp³-hybridized carbons (Fsp3) is 0.368. The molecule has 21 heavy (non-hydrogen) atoms. The zero-order valence-corrected chi connectivity index (χ0v) is 12.3. The van der Waals surface area contributed by atoms with Crippen molar-refractivity contribution in [1.29, 1.82) is 0 Å². The first-order valence-corrected chi connectivity index (χ1v) is 7.83. The summed E-state index contributed by atoms with van der Waals surface area (Å²) in [5.41, 5.74) is 4.22. The second-order valence-corrected chi connectivity index (χ2v) is 5.94. The van der Waals surface area contributed by atoms with Crippen LogP contribution in [0.3, 0.4) is 0 Å². The topological polar surface area (TPSA) is 32.3 Å². The molecule has 2 N–H and O–H groups in total. The minimum Gasteiger partial charge on any atom is -0.395 e. The number of aryl methyl sites for hydroxylation is 1. The molecular weight excluding hydrogens is 258 g/mol. The van der Waals surface area contributed by atoms with Crippen LogP contribution in [0.4, 0.5) is 0 Å². The van der Waals surface area contributed by atoms with Crippen molar-refractivity contribution < 1.29 is 5.11 Å². The van der Waals surface area contributed by atoms with Gasteiger partial charge in [0.05, 0.1) is 6.61 Å². The maximum Gasteiger partial charge on any atom is 0.0587 e. The maximum atomic E-state index is 9.65. The van der Waals surface area contributed by atoms with Crippen LogP contribution in [0.2, 0.25) is 0 Å². The molecule has 0 bridgehead atoms. The van der Waals surface area contributed by atoms with E-state index in [-0.39, 0.29) is 12.6 Å². The highest BCUT2D eigenvalue weighted by molar-refractivity contribution is 5.30. The van der Waals surface area contributed by atoms with Gasteiger partial charge in [0, 0.05) is 12.1 Å². The van der Waals surface area contributed by atoms with Crippen LogP contribution < -0.4 is 5.32 Å². The Morgan fingerprint density at radius 3 is 2.48 bits per heavy atom. The highest BCUT2D eigenvalue weighted by atomic mass is 16.3. The van der Waals surface area contributed by atoms with Crippen molar-refractivity contribution in [2.75, 3.05) is 6.61 Å². The third kappa shape index (κ3) is 3.72. The van der Waals surface area contributed by atoms with Gasteiger partial charge in [-0.25, -0.2) is 0 Å². The van der Waals surface area contributed by atoms with Crippen LogP contribution in [0.15, 0.2) is 54.6 Å². The number of aliphatic hydroxyl groups excluding tert-OH is 1. The third-order valence-electron chi connectivity index (χ3n) is 4.36. The number of rotatable bonds is 5. The highest BCUT2D eigenvalue weighted by Crippen LogP contribution is 2.21. The largest absolute Gasteiger partial charge is 0.395 e. The van der Waals surface area contributed by atoms with E-state index in [0.717, 1.165) is 25.7 Å². The standard InChI is InChI=1S/C19H23NO/c21-14-19(12-15-6-2-1-3-7-15)20-18-11-10-16-8-4-5-9-17(16)13-18/h1-9,18-21H,10-14H2/t18?,19-/m1/s1. The molecule has 2 nitrogen and oxygen atoms in total. The number of hydrogen-bond acceptors (Lipinski definition) is 2. The monoisotopic (exact) mass is 281 g/mol. The van der Waals surface area contributed by atoms with Crippen LogP contribution in [0.5, 0.6) is 0 Å². The molecule has 0 saturated carbocycles. The van der Waals surface area contributed by atoms with Gasteiger partial charge in [0.25, 0.3) is 0 Å². The van der Waals surface area contributed by atoms with Gasteiger partial charge < -0.3 is 10.4 Å². The van der Waals surface area contributed by atoms with Crippen LogP contribution in [-0.2, 0) is 19.3 Å². The molecule has 1 aliphatic carbocycles. The van der Waals surface area contributed by atoms with Crippen molar-refractivity contribution >= 4 is 0 Å². The van der Waals surface area contributed by atoms with Crippen LogP contribution >= 0.6 is 0 Å².